The van der Waals surface area contributed by atoms with Crippen molar-refractivity contribution in [1.82, 2.24) is 25.3 Å². The minimum atomic E-state index is -0.514. The standard InChI is InChI=1S/C22H30Cl2N6O2/c1-12-8-16(13(2)14(3)22(12,4)5)28-17-10-27-30(21(32)19(17)23)11-18(31)25-9-15-6-7-26-29-20(15)24/h6-7,10,12-14,16,28H,8-9,11H2,1-5H3,(H,25,31)/t12-,13+,14+,16+/m0/s1. The summed E-state index contributed by atoms with van der Waals surface area (Å²) in [6.45, 7) is 11.3. The Bertz CT molecular complexity index is 1040. The molecule has 0 bridgehead atoms. The number of hydrogen-bond donors (Lipinski definition) is 2. The van der Waals surface area contributed by atoms with Gasteiger partial charge in [-0.25, -0.2) is 4.68 Å². The molecule has 0 aliphatic heterocycles. The van der Waals surface area contributed by atoms with Gasteiger partial charge in [-0.15, -0.1) is 5.10 Å². The SMILES string of the molecule is C[C@@H]1[C@@H](C)C(C)(C)[C@@H](C)C[C@H]1Nc1cnn(CC(=O)NCc2ccnnc2Cl)c(=O)c1Cl. The second-order valence-electron chi connectivity index (χ2n) is 9.32. The highest BCUT2D eigenvalue weighted by Crippen LogP contribution is 2.48. The summed E-state index contributed by atoms with van der Waals surface area (Å²) in [6, 6.07) is 1.84. The minimum Gasteiger partial charge on any atom is -0.379 e. The van der Waals surface area contributed by atoms with Crippen molar-refractivity contribution in [2.45, 2.75) is 60.2 Å². The Kier molecular flexibility index (Phi) is 7.45. The first-order valence-electron chi connectivity index (χ1n) is 10.8. The van der Waals surface area contributed by atoms with Crippen LogP contribution in [0, 0.1) is 23.2 Å². The van der Waals surface area contributed by atoms with Gasteiger partial charge in [0.05, 0.1) is 18.1 Å². The first-order valence-corrected chi connectivity index (χ1v) is 11.5. The first-order chi connectivity index (χ1) is 15.0. The topological polar surface area (TPSA) is 102 Å². The van der Waals surface area contributed by atoms with Crippen molar-refractivity contribution >= 4 is 34.8 Å². The molecule has 2 aromatic rings. The molecule has 2 aromatic heterocycles. The van der Waals surface area contributed by atoms with Gasteiger partial charge < -0.3 is 10.6 Å². The number of nitrogens with zero attached hydrogens (tertiary/aromatic N) is 4. The Morgan fingerprint density at radius 3 is 2.69 bits per heavy atom. The Labute approximate surface area is 198 Å². The van der Waals surface area contributed by atoms with Crippen molar-refractivity contribution in [2.24, 2.45) is 23.2 Å². The molecule has 4 atom stereocenters. The van der Waals surface area contributed by atoms with Crippen LogP contribution in [-0.4, -0.2) is 31.9 Å². The van der Waals surface area contributed by atoms with Crippen LogP contribution in [0.3, 0.4) is 0 Å². The van der Waals surface area contributed by atoms with E-state index in [2.05, 4.69) is 60.5 Å². The van der Waals surface area contributed by atoms with E-state index in [1.165, 1.54) is 12.4 Å². The Morgan fingerprint density at radius 1 is 1.28 bits per heavy atom. The summed E-state index contributed by atoms with van der Waals surface area (Å²) in [7, 11) is 0. The summed E-state index contributed by atoms with van der Waals surface area (Å²) in [5.41, 5.74) is 0.854. The third-order valence-corrected chi connectivity index (χ3v) is 8.01. The Balaban J connectivity index is 1.67. The van der Waals surface area contributed by atoms with Crippen molar-refractivity contribution < 1.29 is 4.79 Å². The molecular formula is C22H30Cl2N6O2. The van der Waals surface area contributed by atoms with Gasteiger partial charge >= 0.3 is 0 Å². The quantitative estimate of drug-likeness (QED) is 0.651. The fraction of sp³-hybridized carbons (Fsp3) is 0.591. The van der Waals surface area contributed by atoms with Crippen molar-refractivity contribution in [1.29, 1.82) is 0 Å². The van der Waals surface area contributed by atoms with E-state index in [-0.39, 0.29) is 34.7 Å². The Hall–Kier alpha value is -2.19. The maximum Gasteiger partial charge on any atom is 0.288 e. The average molecular weight is 481 g/mol. The number of nitrogens with one attached hydrogen (secondary N) is 2. The number of amides is 1. The maximum absolute atomic E-state index is 12.7. The molecule has 10 heteroatoms. The van der Waals surface area contributed by atoms with Gasteiger partial charge in [0, 0.05) is 18.2 Å². The van der Waals surface area contributed by atoms with E-state index < -0.39 is 11.5 Å². The van der Waals surface area contributed by atoms with Gasteiger partial charge in [0.25, 0.3) is 5.56 Å². The monoisotopic (exact) mass is 480 g/mol. The number of aromatic nitrogens is 4. The predicted molar refractivity (Wildman–Crippen MR) is 126 cm³/mol. The van der Waals surface area contributed by atoms with Crippen LogP contribution in [0.2, 0.25) is 10.2 Å². The molecule has 1 amide bonds. The molecule has 0 radical (unpaired) electrons. The molecule has 0 saturated heterocycles. The summed E-state index contributed by atoms with van der Waals surface area (Å²) in [5.74, 6) is 1.03. The lowest BCUT2D eigenvalue weighted by atomic mass is 9.58. The van der Waals surface area contributed by atoms with Crippen LogP contribution < -0.4 is 16.2 Å². The van der Waals surface area contributed by atoms with Crippen LogP contribution in [-0.2, 0) is 17.9 Å². The molecular weight excluding hydrogens is 451 g/mol. The van der Waals surface area contributed by atoms with Crippen LogP contribution in [0.4, 0.5) is 5.69 Å². The van der Waals surface area contributed by atoms with Crippen LogP contribution in [0.25, 0.3) is 0 Å². The minimum absolute atomic E-state index is 0.0338. The lowest BCUT2D eigenvalue weighted by Gasteiger charge is -2.50. The van der Waals surface area contributed by atoms with Crippen molar-refractivity contribution in [2.75, 3.05) is 5.32 Å². The molecule has 0 aromatic carbocycles. The van der Waals surface area contributed by atoms with Gasteiger partial charge in [0.1, 0.15) is 11.6 Å². The summed E-state index contributed by atoms with van der Waals surface area (Å²) in [4.78, 5) is 25.0. The molecule has 0 unspecified atom stereocenters. The molecule has 1 aliphatic carbocycles. The highest BCUT2D eigenvalue weighted by Gasteiger charge is 2.43. The number of anilines is 1. The van der Waals surface area contributed by atoms with E-state index in [1.54, 1.807) is 6.07 Å². The molecule has 1 fully saturated rings. The van der Waals surface area contributed by atoms with Gasteiger partial charge in [0.15, 0.2) is 5.15 Å². The lowest BCUT2D eigenvalue weighted by molar-refractivity contribution is -0.122. The number of carbonyl (C=O) groups excluding carboxylic acids is 1. The third kappa shape index (κ3) is 5.07. The van der Waals surface area contributed by atoms with E-state index >= 15 is 0 Å². The highest BCUT2D eigenvalue weighted by atomic mass is 35.5. The molecule has 32 heavy (non-hydrogen) atoms. The summed E-state index contributed by atoms with van der Waals surface area (Å²) in [5, 5.41) is 17.9. The normalized spacial score (nSPS) is 24.7. The smallest absolute Gasteiger partial charge is 0.288 e. The molecule has 2 N–H and O–H groups in total. The van der Waals surface area contributed by atoms with Gasteiger partial charge in [-0.3, -0.25) is 9.59 Å². The largest absolute Gasteiger partial charge is 0.379 e. The highest BCUT2D eigenvalue weighted by molar-refractivity contribution is 6.33. The fourth-order valence-electron chi connectivity index (χ4n) is 4.30. The van der Waals surface area contributed by atoms with Gasteiger partial charge in [-0.2, -0.15) is 10.2 Å². The van der Waals surface area contributed by atoms with E-state index in [0.29, 0.717) is 29.0 Å². The summed E-state index contributed by atoms with van der Waals surface area (Å²) < 4.78 is 1.05. The average Bonchev–Trinajstić information content (AvgIpc) is 2.75. The van der Waals surface area contributed by atoms with Gasteiger partial charge in [-0.05, 0) is 35.7 Å². The van der Waals surface area contributed by atoms with Crippen molar-refractivity contribution in [3.8, 4) is 0 Å². The zero-order valence-electron chi connectivity index (χ0n) is 19.0. The van der Waals surface area contributed by atoms with Crippen LogP contribution >= 0.6 is 23.2 Å². The van der Waals surface area contributed by atoms with Crippen LogP contribution in [0.5, 0.6) is 0 Å². The van der Waals surface area contributed by atoms with E-state index in [0.717, 1.165) is 11.1 Å². The van der Waals surface area contributed by atoms with Crippen molar-refractivity contribution in [3.05, 3.63) is 44.6 Å². The fourth-order valence-corrected chi connectivity index (χ4v) is 4.67. The van der Waals surface area contributed by atoms with Gasteiger partial charge in [0.2, 0.25) is 5.91 Å². The van der Waals surface area contributed by atoms with E-state index in [4.69, 9.17) is 23.2 Å². The summed E-state index contributed by atoms with van der Waals surface area (Å²) in [6.07, 6.45) is 3.98. The third-order valence-electron chi connectivity index (χ3n) is 7.32. The molecule has 174 valence electrons. The lowest BCUT2D eigenvalue weighted by Crippen LogP contribution is -2.48. The second-order valence-corrected chi connectivity index (χ2v) is 10.1. The van der Waals surface area contributed by atoms with Crippen LogP contribution in [0.1, 0.15) is 46.6 Å². The van der Waals surface area contributed by atoms with E-state index in [9.17, 15) is 9.59 Å². The predicted octanol–water partition coefficient (Wildman–Crippen LogP) is 3.78. The second kappa shape index (κ2) is 9.75. The van der Waals surface area contributed by atoms with Crippen molar-refractivity contribution in [3.63, 3.8) is 0 Å². The Morgan fingerprint density at radius 2 is 2.00 bits per heavy atom. The molecule has 1 aliphatic rings. The summed E-state index contributed by atoms with van der Waals surface area (Å²) >= 11 is 12.3. The number of carbonyl (C=O) groups is 1. The maximum atomic E-state index is 12.7. The molecule has 8 nitrogen and oxygen atoms in total. The zero-order chi connectivity index (χ0) is 23.6. The number of halogens is 2. The molecule has 3 rings (SSSR count). The van der Waals surface area contributed by atoms with Crippen LogP contribution in [0.15, 0.2) is 23.3 Å². The van der Waals surface area contributed by atoms with E-state index in [1.807, 2.05) is 0 Å². The van der Waals surface area contributed by atoms with Gasteiger partial charge in [-0.1, -0.05) is 57.8 Å². The molecule has 0 spiro atoms. The molecule has 1 saturated carbocycles. The number of rotatable bonds is 6. The number of hydrogen-bond acceptors (Lipinski definition) is 6. The molecule has 2 heterocycles. The first kappa shape index (κ1) is 24.5. The zero-order valence-corrected chi connectivity index (χ0v) is 20.5.